The molecule has 2 aromatic carbocycles. The molecule has 44 heavy (non-hydrogen) atoms. The summed E-state index contributed by atoms with van der Waals surface area (Å²) in [6, 6.07) is 12.9. The Morgan fingerprint density at radius 3 is 2.18 bits per heavy atom. The number of aryl methyl sites for hydroxylation is 2. The van der Waals surface area contributed by atoms with Crippen molar-refractivity contribution in [3.63, 3.8) is 0 Å². The predicted octanol–water partition coefficient (Wildman–Crippen LogP) is 3.99. The Kier molecular flexibility index (Phi) is 8.62. The minimum Gasteiger partial charge on any atom is -0.335 e. The van der Waals surface area contributed by atoms with Crippen LogP contribution in [0.1, 0.15) is 32.4 Å². The fourth-order valence-electron chi connectivity index (χ4n) is 5.46. The smallest absolute Gasteiger partial charge is 0.291 e. The SMILES string of the molecule is Cc1n[nH]c(C)c1-c1ccc(-c2cnc(C(=O)Nc3ccc(C(=O)N4CCN(C(=O)C[N+](C)(C)C)CC4)c(Cl)c3)n2C)cc1. The van der Waals surface area contributed by atoms with E-state index in [0.29, 0.717) is 48.5 Å². The van der Waals surface area contributed by atoms with E-state index in [2.05, 4.69) is 20.5 Å². The molecule has 2 aromatic heterocycles. The van der Waals surface area contributed by atoms with Crippen molar-refractivity contribution in [1.29, 1.82) is 0 Å². The third kappa shape index (κ3) is 6.53. The lowest BCUT2D eigenvalue weighted by molar-refractivity contribution is -0.862. The molecule has 3 heterocycles. The van der Waals surface area contributed by atoms with E-state index in [-0.39, 0.29) is 22.7 Å². The number of piperazine rings is 1. The zero-order valence-corrected chi connectivity index (χ0v) is 26.7. The van der Waals surface area contributed by atoms with E-state index < -0.39 is 5.91 Å². The van der Waals surface area contributed by atoms with Gasteiger partial charge < -0.3 is 24.2 Å². The Hall–Kier alpha value is -4.48. The summed E-state index contributed by atoms with van der Waals surface area (Å²) in [6.45, 7) is 6.20. The lowest BCUT2D eigenvalue weighted by Crippen LogP contribution is -2.54. The fraction of sp³-hybridized carbons (Fsp3) is 0.344. The summed E-state index contributed by atoms with van der Waals surface area (Å²) in [4.78, 5) is 46.8. The quantitative estimate of drug-likeness (QED) is 0.304. The molecule has 12 heteroatoms. The number of aromatic amines is 1. The highest BCUT2D eigenvalue weighted by atomic mass is 35.5. The van der Waals surface area contributed by atoms with Crippen LogP contribution < -0.4 is 5.32 Å². The van der Waals surface area contributed by atoms with Crippen molar-refractivity contribution in [3.8, 4) is 22.4 Å². The summed E-state index contributed by atoms with van der Waals surface area (Å²) in [5, 5.41) is 10.4. The number of anilines is 1. The number of nitrogens with one attached hydrogen (secondary N) is 2. The van der Waals surface area contributed by atoms with Crippen LogP contribution in [-0.4, -0.2) is 106 Å². The number of nitrogens with zero attached hydrogens (tertiary/aromatic N) is 6. The maximum atomic E-state index is 13.2. The van der Waals surface area contributed by atoms with E-state index in [1.54, 1.807) is 45.8 Å². The maximum absolute atomic E-state index is 13.2. The maximum Gasteiger partial charge on any atom is 0.291 e. The number of hydrogen-bond acceptors (Lipinski definition) is 5. The van der Waals surface area contributed by atoms with Crippen LogP contribution in [0.3, 0.4) is 0 Å². The van der Waals surface area contributed by atoms with Crippen molar-refractivity contribution < 1.29 is 18.9 Å². The van der Waals surface area contributed by atoms with Gasteiger partial charge in [-0.1, -0.05) is 35.9 Å². The van der Waals surface area contributed by atoms with Crippen molar-refractivity contribution in [2.75, 3.05) is 59.2 Å². The lowest BCUT2D eigenvalue weighted by atomic mass is 10.0. The fourth-order valence-corrected chi connectivity index (χ4v) is 5.72. The first-order valence-electron chi connectivity index (χ1n) is 14.4. The molecule has 1 aliphatic rings. The van der Waals surface area contributed by atoms with E-state index in [4.69, 9.17) is 11.6 Å². The number of aromatic nitrogens is 4. The molecule has 5 rings (SSSR count). The van der Waals surface area contributed by atoms with Crippen LogP contribution in [0.5, 0.6) is 0 Å². The Morgan fingerprint density at radius 1 is 0.955 bits per heavy atom. The molecule has 4 aromatic rings. The van der Waals surface area contributed by atoms with Gasteiger partial charge in [-0.3, -0.25) is 19.5 Å². The van der Waals surface area contributed by atoms with Gasteiger partial charge in [0.15, 0.2) is 12.4 Å². The standard InChI is InChI=1S/C32H37ClN8O3/c1-20-29(21(2)37-36-20)23-9-7-22(8-10-23)27-18-34-30(38(27)3)31(43)35-24-11-12-25(26(33)17-24)32(44)40-15-13-39(14-16-40)28(42)19-41(4,5)6/h7-12,17-18H,13-16,19H2,1-6H3,(H-,35,36,37,43,44)/p+1. The van der Waals surface area contributed by atoms with Gasteiger partial charge in [-0.05, 0) is 43.2 Å². The summed E-state index contributed by atoms with van der Waals surface area (Å²) < 4.78 is 2.29. The monoisotopic (exact) mass is 617 g/mol. The van der Waals surface area contributed by atoms with E-state index >= 15 is 0 Å². The molecule has 2 N–H and O–H groups in total. The van der Waals surface area contributed by atoms with Gasteiger partial charge in [0.2, 0.25) is 0 Å². The molecule has 1 saturated heterocycles. The zero-order chi connectivity index (χ0) is 31.8. The molecule has 0 saturated carbocycles. The molecule has 3 amide bonds. The lowest BCUT2D eigenvalue weighted by Gasteiger charge is -2.36. The summed E-state index contributed by atoms with van der Waals surface area (Å²) in [5.41, 5.74) is 6.60. The van der Waals surface area contributed by atoms with E-state index in [1.165, 1.54) is 0 Å². The summed E-state index contributed by atoms with van der Waals surface area (Å²) in [5.74, 6) is -0.287. The van der Waals surface area contributed by atoms with Gasteiger partial charge in [-0.15, -0.1) is 0 Å². The van der Waals surface area contributed by atoms with Gasteiger partial charge in [0.05, 0.1) is 49.3 Å². The van der Waals surface area contributed by atoms with Gasteiger partial charge in [-0.2, -0.15) is 5.10 Å². The largest absolute Gasteiger partial charge is 0.335 e. The second-order valence-electron chi connectivity index (χ2n) is 12.2. The number of imidazole rings is 1. The number of amides is 3. The van der Waals surface area contributed by atoms with Crippen LogP contribution in [0.15, 0.2) is 48.7 Å². The van der Waals surface area contributed by atoms with Crippen LogP contribution in [0, 0.1) is 13.8 Å². The molecule has 0 unspecified atom stereocenters. The first-order valence-corrected chi connectivity index (χ1v) is 14.8. The molecular weight excluding hydrogens is 580 g/mol. The van der Waals surface area contributed by atoms with Crippen LogP contribution in [0.25, 0.3) is 22.4 Å². The van der Waals surface area contributed by atoms with Gasteiger partial charge in [-0.25, -0.2) is 4.98 Å². The Balaban J connectivity index is 1.22. The molecule has 1 fully saturated rings. The zero-order valence-electron chi connectivity index (χ0n) is 25.9. The highest BCUT2D eigenvalue weighted by Crippen LogP contribution is 2.29. The predicted molar refractivity (Wildman–Crippen MR) is 170 cm³/mol. The molecule has 0 radical (unpaired) electrons. The second kappa shape index (κ2) is 12.3. The van der Waals surface area contributed by atoms with Gasteiger partial charge in [0.25, 0.3) is 17.7 Å². The third-order valence-electron chi connectivity index (χ3n) is 7.78. The second-order valence-corrected chi connectivity index (χ2v) is 12.6. The minimum absolute atomic E-state index is 0.0796. The summed E-state index contributed by atoms with van der Waals surface area (Å²) in [7, 11) is 7.72. The Labute approximate surface area is 262 Å². The summed E-state index contributed by atoms with van der Waals surface area (Å²) in [6.07, 6.45) is 1.67. The number of H-pyrrole nitrogens is 1. The van der Waals surface area contributed by atoms with Gasteiger partial charge in [0, 0.05) is 50.2 Å². The average molecular weight is 618 g/mol. The molecular formula is C32H38ClN8O3+. The van der Waals surface area contributed by atoms with Crippen molar-refractivity contribution in [1.82, 2.24) is 29.5 Å². The van der Waals surface area contributed by atoms with Crippen molar-refractivity contribution in [3.05, 3.63) is 76.5 Å². The summed E-state index contributed by atoms with van der Waals surface area (Å²) >= 11 is 6.52. The highest BCUT2D eigenvalue weighted by molar-refractivity contribution is 6.34. The molecule has 0 atom stereocenters. The highest BCUT2D eigenvalue weighted by Gasteiger charge is 2.28. The first-order chi connectivity index (χ1) is 20.8. The third-order valence-corrected chi connectivity index (χ3v) is 8.09. The average Bonchev–Trinajstić information content (AvgIpc) is 3.53. The van der Waals surface area contributed by atoms with Gasteiger partial charge in [0.1, 0.15) is 0 Å². The normalized spacial score (nSPS) is 13.7. The van der Waals surface area contributed by atoms with Crippen LogP contribution in [0.2, 0.25) is 5.02 Å². The van der Waals surface area contributed by atoms with Crippen LogP contribution in [0.4, 0.5) is 5.69 Å². The number of carbonyl (C=O) groups excluding carboxylic acids is 3. The molecule has 1 aliphatic heterocycles. The van der Waals surface area contributed by atoms with E-state index in [9.17, 15) is 14.4 Å². The van der Waals surface area contributed by atoms with E-state index in [0.717, 1.165) is 33.8 Å². The van der Waals surface area contributed by atoms with E-state index in [1.807, 2.05) is 59.3 Å². The van der Waals surface area contributed by atoms with Crippen molar-refractivity contribution in [2.45, 2.75) is 13.8 Å². The molecule has 11 nitrogen and oxygen atoms in total. The molecule has 0 spiro atoms. The number of halogens is 1. The number of quaternary nitrogens is 1. The van der Waals surface area contributed by atoms with Crippen LogP contribution >= 0.6 is 11.6 Å². The van der Waals surface area contributed by atoms with Crippen molar-refractivity contribution >= 4 is 35.0 Å². The number of carbonyl (C=O) groups is 3. The topological polar surface area (TPSA) is 116 Å². The first kappa shape index (κ1) is 31.0. The molecule has 0 bridgehead atoms. The number of hydrogen-bond donors (Lipinski definition) is 2. The number of rotatable bonds is 7. The Bertz CT molecular complexity index is 1690. The van der Waals surface area contributed by atoms with Crippen LogP contribution in [-0.2, 0) is 11.8 Å². The minimum atomic E-state index is -0.398. The molecule has 0 aliphatic carbocycles. The van der Waals surface area contributed by atoms with Crippen molar-refractivity contribution in [2.24, 2.45) is 7.05 Å². The number of benzene rings is 2. The van der Waals surface area contributed by atoms with Gasteiger partial charge >= 0.3 is 0 Å². The Morgan fingerprint density at radius 2 is 1.59 bits per heavy atom. The number of likely N-dealkylation sites (N-methyl/N-ethyl adjacent to an activating group) is 1. The molecule has 230 valence electrons.